The van der Waals surface area contributed by atoms with Crippen molar-refractivity contribution in [2.45, 2.75) is 38.6 Å². The molecule has 1 fully saturated rings. The highest BCUT2D eigenvalue weighted by atomic mass is 32.1. The van der Waals surface area contributed by atoms with Crippen LogP contribution in [0.15, 0.2) is 24.3 Å². The van der Waals surface area contributed by atoms with E-state index in [0.29, 0.717) is 6.04 Å². The van der Waals surface area contributed by atoms with Crippen LogP contribution in [0.2, 0.25) is 0 Å². The Morgan fingerprint density at radius 1 is 1.37 bits per heavy atom. The molecule has 2 aromatic rings. The van der Waals surface area contributed by atoms with Gasteiger partial charge in [0.25, 0.3) is 0 Å². The first-order valence-corrected chi connectivity index (χ1v) is 8.00. The lowest BCUT2D eigenvalue weighted by molar-refractivity contribution is 0.264. The summed E-state index contributed by atoms with van der Waals surface area (Å²) >= 11 is 1.73. The Morgan fingerprint density at radius 3 is 2.89 bits per heavy atom. The Morgan fingerprint density at radius 2 is 2.21 bits per heavy atom. The summed E-state index contributed by atoms with van der Waals surface area (Å²) in [5.41, 5.74) is 0. The third kappa shape index (κ3) is 2.82. The van der Waals surface area contributed by atoms with Gasteiger partial charge < -0.3 is 5.32 Å². The molecule has 0 spiro atoms. The Hall–Kier alpha value is -0.930. The molecular weight excluding hydrogens is 257 g/mol. The molecule has 1 aromatic carbocycles. The van der Waals surface area contributed by atoms with Gasteiger partial charge in [-0.25, -0.2) is 4.39 Å². The van der Waals surface area contributed by atoms with E-state index in [4.69, 9.17) is 0 Å². The Kier molecular flexibility index (Phi) is 3.85. The van der Waals surface area contributed by atoms with Crippen molar-refractivity contribution >= 4 is 21.4 Å². The van der Waals surface area contributed by atoms with E-state index in [9.17, 15) is 4.39 Å². The standard InChI is InChI=1S/C16H20FNS/c1-2-18-14(8-11-4-3-5-11)16-9-12-6-7-13(17)10-15(12)19-16/h6-7,9-11,14,18H,2-5,8H2,1H3. The first-order valence-electron chi connectivity index (χ1n) is 7.18. The van der Waals surface area contributed by atoms with Gasteiger partial charge in [-0.1, -0.05) is 32.3 Å². The fraction of sp³-hybridized carbons (Fsp3) is 0.500. The van der Waals surface area contributed by atoms with Gasteiger partial charge >= 0.3 is 0 Å². The molecule has 1 unspecified atom stereocenters. The molecule has 3 heteroatoms. The van der Waals surface area contributed by atoms with Crippen molar-refractivity contribution in [2.75, 3.05) is 6.54 Å². The molecule has 0 radical (unpaired) electrons. The predicted molar refractivity (Wildman–Crippen MR) is 80.2 cm³/mol. The van der Waals surface area contributed by atoms with Crippen LogP contribution < -0.4 is 5.32 Å². The highest BCUT2D eigenvalue weighted by molar-refractivity contribution is 7.19. The van der Waals surface area contributed by atoms with Crippen LogP contribution >= 0.6 is 11.3 Å². The second-order valence-electron chi connectivity index (χ2n) is 5.47. The van der Waals surface area contributed by atoms with Crippen LogP contribution in [0.5, 0.6) is 0 Å². The third-order valence-electron chi connectivity index (χ3n) is 4.09. The highest BCUT2D eigenvalue weighted by Gasteiger charge is 2.23. The van der Waals surface area contributed by atoms with Crippen LogP contribution in [0.1, 0.15) is 43.5 Å². The van der Waals surface area contributed by atoms with Crippen molar-refractivity contribution in [3.8, 4) is 0 Å². The Balaban J connectivity index is 1.85. The predicted octanol–water partition coefficient (Wildman–Crippen LogP) is 4.88. The maximum atomic E-state index is 13.3. The molecule has 1 aliphatic carbocycles. The molecule has 3 rings (SSSR count). The van der Waals surface area contributed by atoms with Crippen molar-refractivity contribution in [1.29, 1.82) is 0 Å². The average Bonchev–Trinajstić information content (AvgIpc) is 2.74. The third-order valence-corrected chi connectivity index (χ3v) is 5.30. The zero-order chi connectivity index (χ0) is 13.2. The fourth-order valence-corrected chi connectivity index (χ4v) is 3.98. The smallest absolute Gasteiger partial charge is 0.124 e. The molecule has 19 heavy (non-hydrogen) atoms. The van der Waals surface area contributed by atoms with Gasteiger partial charge in [0.1, 0.15) is 5.82 Å². The van der Waals surface area contributed by atoms with Crippen molar-refractivity contribution in [3.05, 3.63) is 35.0 Å². The number of thiophene rings is 1. The Bertz CT molecular complexity index is 559. The minimum Gasteiger partial charge on any atom is -0.310 e. The number of fused-ring (bicyclic) bond motifs is 1. The van der Waals surface area contributed by atoms with E-state index in [2.05, 4.69) is 18.3 Å². The number of hydrogen-bond donors (Lipinski definition) is 1. The first kappa shape index (κ1) is 13.1. The van der Waals surface area contributed by atoms with Crippen molar-refractivity contribution in [3.63, 3.8) is 0 Å². The molecule has 1 heterocycles. The Labute approximate surface area is 117 Å². The molecule has 102 valence electrons. The molecule has 1 N–H and O–H groups in total. The molecule has 1 nitrogen and oxygen atoms in total. The summed E-state index contributed by atoms with van der Waals surface area (Å²) in [5.74, 6) is 0.742. The van der Waals surface area contributed by atoms with Crippen LogP contribution in [-0.2, 0) is 0 Å². The van der Waals surface area contributed by atoms with Crippen LogP contribution in [0, 0.1) is 11.7 Å². The molecule has 0 aliphatic heterocycles. The molecular formula is C16H20FNS. The topological polar surface area (TPSA) is 12.0 Å². The van der Waals surface area contributed by atoms with Gasteiger partial charge in [0.15, 0.2) is 0 Å². The van der Waals surface area contributed by atoms with Crippen LogP contribution in [-0.4, -0.2) is 6.54 Å². The normalized spacial score (nSPS) is 17.6. The number of nitrogens with one attached hydrogen (secondary N) is 1. The lowest BCUT2D eigenvalue weighted by Gasteiger charge is -2.29. The largest absolute Gasteiger partial charge is 0.310 e. The van der Waals surface area contributed by atoms with E-state index in [-0.39, 0.29) is 5.82 Å². The molecule has 1 atom stereocenters. The first-order chi connectivity index (χ1) is 9.26. The van der Waals surface area contributed by atoms with E-state index in [1.165, 1.54) is 30.6 Å². The number of benzene rings is 1. The van der Waals surface area contributed by atoms with Gasteiger partial charge in [-0.2, -0.15) is 0 Å². The summed E-state index contributed by atoms with van der Waals surface area (Å²) in [4.78, 5) is 1.36. The van der Waals surface area contributed by atoms with Gasteiger partial charge in [0.05, 0.1) is 0 Å². The summed E-state index contributed by atoms with van der Waals surface area (Å²) < 4.78 is 14.3. The van der Waals surface area contributed by atoms with E-state index in [0.717, 1.165) is 22.5 Å². The quantitative estimate of drug-likeness (QED) is 0.821. The van der Waals surface area contributed by atoms with Crippen molar-refractivity contribution in [1.82, 2.24) is 5.32 Å². The number of halogens is 1. The van der Waals surface area contributed by atoms with E-state index >= 15 is 0 Å². The summed E-state index contributed by atoms with van der Waals surface area (Å²) in [6.07, 6.45) is 5.37. The molecule has 1 aliphatic rings. The van der Waals surface area contributed by atoms with Gasteiger partial charge in [-0.05, 0) is 42.5 Å². The number of hydrogen-bond acceptors (Lipinski definition) is 2. The highest BCUT2D eigenvalue weighted by Crippen LogP contribution is 2.38. The van der Waals surface area contributed by atoms with E-state index < -0.39 is 0 Å². The molecule has 1 saturated carbocycles. The molecule has 0 bridgehead atoms. The minimum absolute atomic E-state index is 0.139. The summed E-state index contributed by atoms with van der Waals surface area (Å²) in [5, 5.41) is 4.75. The average molecular weight is 277 g/mol. The monoisotopic (exact) mass is 277 g/mol. The second-order valence-corrected chi connectivity index (χ2v) is 6.59. The lowest BCUT2D eigenvalue weighted by atomic mass is 9.80. The van der Waals surface area contributed by atoms with Crippen LogP contribution in [0.25, 0.3) is 10.1 Å². The summed E-state index contributed by atoms with van der Waals surface area (Å²) in [6, 6.07) is 7.75. The molecule has 0 amide bonds. The van der Waals surface area contributed by atoms with E-state index in [1.54, 1.807) is 23.5 Å². The van der Waals surface area contributed by atoms with Crippen LogP contribution in [0.3, 0.4) is 0 Å². The lowest BCUT2D eigenvalue weighted by Crippen LogP contribution is -2.25. The zero-order valence-electron chi connectivity index (χ0n) is 11.3. The second kappa shape index (κ2) is 5.59. The van der Waals surface area contributed by atoms with Crippen molar-refractivity contribution < 1.29 is 4.39 Å². The van der Waals surface area contributed by atoms with Gasteiger partial charge in [0.2, 0.25) is 0 Å². The van der Waals surface area contributed by atoms with Gasteiger partial charge in [-0.15, -0.1) is 11.3 Å². The number of rotatable bonds is 5. The molecule has 0 saturated heterocycles. The SMILES string of the molecule is CCNC(CC1CCC1)c1cc2ccc(F)cc2s1. The van der Waals surface area contributed by atoms with Crippen molar-refractivity contribution in [2.24, 2.45) is 5.92 Å². The van der Waals surface area contributed by atoms with Gasteiger partial charge in [-0.3, -0.25) is 0 Å². The maximum absolute atomic E-state index is 13.3. The van der Waals surface area contributed by atoms with Crippen LogP contribution in [0.4, 0.5) is 4.39 Å². The fourth-order valence-electron chi connectivity index (χ4n) is 2.81. The molecule has 1 aromatic heterocycles. The summed E-state index contributed by atoms with van der Waals surface area (Å²) in [6.45, 7) is 3.14. The minimum atomic E-state index is -0.139. The zero-order valence-corrected chi connectivity index (χ0v) is 12.1. The van der Waals surface area contributed by atoms with E-state index in [1.807, 2.05) is 6.07 Å². The maximum Gasteiger partial charge on any atom is 0.124 e. The van der Waals surface area contributed by atoms with Gasteiger partial charge in [0, 0.05) is 15.6 Å². The summed E-state index contributed by atoms with van der Waals surface area (Å²) in [7, 11) is 0.